The molecule has 1 amide bonds. The van der Waals surface area contributed by atoms with Gasteiger partial charge in [0.05, 0.1) is 18.5 Å². The molecule has 0 fully saturated rings. The minimum Gasteiger partial charge on any atom is -0.494 e. The molecule has 0 atom stereocenters. The number of amides is 1. The fourth-order valence-electron chi connectivity index (χ4n) is 4.19. The first kappa shape index (κ1) is 24.3. The van der Waals surface area contributed by atoms with Crippen LogP contribution >= 0.6 is 11.3 Å². The normalized spacial score (nSPS) is 10.9. The summed E-state index contributed by atoms with van der Waals surface area (Å²) >= 11 is 1.51. The number of benzene rings is 3. The van der Waals surface area contributed by atoms with Crippen LogP contribution in [-0.4, -0.2) is 32.4 Å². The highest BCUT2D eigenvalue weighted by Gasteiger charge is 2.19. The van der Waals surface area contributed by atoms with Gasteiger partial charge in [0.15, 0.2) is 16.5 Å². The van der Waals surface area contributed by atoms with Gasteiger partial charge in [0.2, 0.25) is 5.95 Å². The van der Waals surface area contributed by atoms with Gasteiger partial charge in [0, 0.05) is 46.3 Å². The number of anilines is 3. The monoisotopic (exact) mass is 536 g/mol. The van der Waals surface area contributed by atoms with Gasteiger partial charge >= 0.3 is 0 Å². The molecule has 2 N–H and O–H groups in total. The Balaban J connectivity index is 1.35. The molecular formula is C29H21FN6O2S. The van der Waals surface area contributed by atoms with Crippen LogP contribution < -0.4 is 15.4 Å². The van der Waals surface area contributed by atoms with Crippen LogP contribution in [0.4, 0.5) is 21.7 Å². The largest absolute Gasteiger partial charge is 0.494 e. The van der Waals surface area contributed by atoms with Gasteiger partial charge < -0.3 is 15.4 Å². The number of imidazole rings is 1. The smallest absolute Gasteiger partial charge is 0.255 e. The zero-order valence-electron chi connectivity index (χ0n) is 20.6. The average molecular weight is 537 g/mol. The summed E-state index contributed by atoms with van der Waals surface area (Å²) in [6.07, 6.45) is 3.57. The number of aromatic nitrogens is 4. The molecule has 3 aromatic carbocycles. The van der Waals surface area contributed by atoms with Crippen LogP contribution in [0, 0.1) is 5.82 Å². The van der Waals surface area contributed by atoms with Crippen molar-refractivity contribution in [3.05, 3.63) is 108 Å². The van der Waals surface area contributed by atoms with Crippen LogP contribution in [0.25, 0.3) is 27.6 Å². The van der Waals surface area contributed by atoms with Crippen molar-refractivity contribution in [1.29, 1.82) is 0 Å². The number of carbonyl (C=O) groups excluding carboxylic acids is 1. The molecule has 0 aliphatic carbocycles. The predicted molar refractivity (Wildman–Crippen MR) is 150 cm³/mol. The summed E-state index contributed by atoms with van der Waals surface area (Å²) in [6, 6.07) is 22.9. The highest BCUT2D eigenvalue weighted by atomic mass is 32.1. The van der Waals surface area contributed by atoms with Gasteiger partial charge in [0.25, 0.3) is 5.91 Å². The van der Waals surface area contributed by atoms with Crippen LogP contribution in [-0.2, 0) is 0 Å². The quantitative estimate of drug-likeness (QED) is 0.237. The molecule has 10 heteroatoms. The summed E-state index contributed by atoms with van der Waals surface area (Å²) in [5.74, 6) is -0.227. The van der Waals surface area contributed by atoms with Gasteiger partial charge in [0.1, 0.15) is 5.69 Å². The van der Waals surface area contributed by atoms with E-state index >= 15 is 0 Å². The van der Waals surface area contributed by atoms with Gasteiger partial charge in [-0.15, -0.1) is 11.3 Å². The van der Waals surface area contributed by atoms with Crippen molar-refractivity contribution >= 4 is 39.5 Å². The van der Waals surface area contributed by atoms with E-state index in [0.717, 1.165) is 16.2 Å². The maximum Gasteiger partial charge on any atom is 0.255 e. The number of hydrogen-bond donors (Lipinski definition) is 2. The van der Waals surface area contributed by atoms with Crippen molar-refractivity contribution in [3.8, 4) is 28.4 Å². The molecule has 192 valence electrons. The number of halogens is 1. The van der Waals surface area contributed by atoms with Crippen molar-refractivity contribution in [2.24, 2.45) is 0 Å². The third-order valence-electron chi connectivity index (χ3n) is 6.00. The number of nitrogens with one attached hydrogen (secondary N) is 2. The molecule has 0 saturated carbocycles. The lowest BCUT2D eigenvalue weighted by Crippen LogP contribution is -2.11. The second-order valence-corrected chi connectivity index (χ2v) is 9.38. The van der Waals surface area contributed by atoms with Crippen LogP contribution in [0.2, 0.25) is 0 Å². The summed E-state index contributed by atoms with van der Waals surface area (Å²) in [6.45, 7) is 0. The second-order valence-electron chi connectivity index (χ2n) is 8.51. The van der Waals surface area contributed by atoms with Gasteiger partial charge in [-0.3, -0.25) is 9.20 Å². The first-order valence-corrected chi connectivity index (χ1v) is 12.8. The third-order valence-corrected chi connectivity index (χ3v) is 6.75. The van der Waals surface area contributed by atoms with Crippen molar-refractivity contribution in [2.75, 3.05) is 17.7 Å². The first-order chi connectivity index (χ1) is 19.1. The van der Waals surface area contributed by atoms with Crippen molar-refractivity contribution in [2.45, 2.75) is 0 Å². The average Bonchev–Trinajstić information content (AvgIpc) is 3.56. The fourth-order valence-corrected chi connectivity index (χ4v) is 4.91. The lowest BCUT2D eigenvalue weighted by Gasteiger charge is -2.10. The van der Waals surface area contributed by atoms with Crippen LogP contribution in [0.3, 0.4) is 0 Å². The highest BCUT2D eigenvalue weighted by molar-refractivity contribution is 7.15. The van der Waals surface area contributed by atoms with Crippen molar-refractivity contribution < 1.29 is 13.9 Å². The lowest BCUT2D eigenvalue weighted by atomic mass is 10.1. The minimum atomic E-state index is -0.490. The van der Waals surface area contributed by atoms with E-state index in [1.165, 1.54) is 30.6 Å². The molecule has 0 saturated heterocycles. The van der Waals surface area contributed by atoms with Crippen molar-refractivity contribution in [3.63, 3.8) is 0 Å². The number of fused-ring (bicyclic) bond motifs is 1. The molecule has 0 spiro atoms. The number of nitrogens with zero attached hydrogens (tertiary/aromatic N) is 4. The lowest BCUT2D eigenvalue weighted by molar-refractivity contribution is 0.102. The standard InChI is InChI=1S/C29H21FN6O2S/c1-38-24-11-10-21(17-22(24)30)33-28-31-13-12-23(34-28)26-25(35-29-36(26)14-15-39-29)19-8-5-9-20(16-19)32-27(37)18-6-3-2-4-7-18/h2-17H,1H3,(H,32,37)(H,31,33,34). The number of hydrogen-bond acceptors (Lipinski definition) is 7. The van der Waals surface area contributed by atoms with Crippen LogP contribution in [0.1, 0.15) is 10.4 Å². The Labute approximate surface area is 226 Å². The highest BCUT2D eigenvalue weighted by Crippen LogP contribution is 2.35. The third kappa shape index (κ3) is 4.92. The summed E-state index contributed by atoms with van der Waals surface area (Å²) in [4.78, 5) is 27.4. The zero-order chi connectivity index (χ0) is 26.8. The molecular weight excluding hydrogens is 515 g/mol. The van der Waals surface area contributed by atoms with E-state index in [9.17, 15) is 9.18 Å². The summed E-state index contributed by atoms with van der Waals surface area (Å²) in [5, 5.41) is 7.96. The summed E-state index contributed by atoms with van der Waals surface area (Å²) in [7, 11) is 1.42. The van der Waals surface area contributed by atoms with Crippen LogP contribution in [0.15, 0.2) is 96.6 Å². The van der Waals surface area contributed by atoms with Gasteiger partial charge in [-0.2, -0.15) is 0 Å². The molecule has 3 aromatic heterocycles. The summed E-state index contributed by atoms with van der Waals surface area (Å²) in [5.41, 5.74) is 4.63. The molecule has 39 heavy (non-hydrogen) atoms. The second kappa shape index (κ2) is 10.3. The van der Waals surface area contributed by atoms with E-state index in [1.54, 1.807) is 30.5 Å². The number of ether oxygens (including phenoxy) is 1. The maximum atomic E-state index is 14.2. The SMILES string of the molecule is COc1ccc(Nc2nccc(-c3c(-c4cccc(NC(=O)c5ccccc5)c4)nc4sccn34)n2)cc1F. The molecule has 6 rings (SSSR count). The first-order valence-electron chi connectivity index (χ1n) is 12.0. The molecule has 0 bridgehead atoms. The van der Waals surface area contributed by atoms with E-state index in [4.69, 9.17) is 14.7 Å². The van der Waals surface area contributed by atoms with E-state index < -0.39 is 5.82 Å². The molecule has 6 aromatic rings. The number of carbonyl (C=O) groups is 1. The topological polar surface area (TPSA) is 93.4 Å². The van der Waals surface area contributed by atoms with Gasteiger partial charge in [-0.1, -0.05) is 30.3 Å². The van der Waals surface area contributed by atoms with Gasteiger partial charge in [-0.25, -0.2) is 19.3 Å². The Morgan fingerprint density at radius 2 is 1.85 bits per heavy atom. The fraction of sp³-hybridized carbons (Fsp3) is 0.0345. The Hall–Kier alpha value is -5.09. The predicted octanol–water partition coefficient (Wildman–Crippen LogP) is 6.66. The Kier molecular flexibility index (Phi) is 6.44. The van der Waals surface area contributed by atoms with Crippen molar-refractivity contribution in [1.82, 2.24) is 19.4 Å². The van der Waals surface area contributed by atoms with E-state index in [-0.39, 0.29) is 11.7 Å². The number of rotatable bonds is 7. The molecule has 0 radical (unpaired) electrons. The molecule has 3 heterocycles. The van der Waals surface area contributed by atoms with E-state index in [2.05, 4.69) is 15.6 Å². The number of thiazole rings is 1. The molecule has 8 nitrogen and oxygen atoms in total. The van der Waals surface area contributed by atoms with Crippen LogP contribution in [0.5, 0.6) is 5.75 Å². The zero-order valence-corrected chi connectivity index (χ0v) is 21.4. The Bertz CT molecular complexity index is 1800. The molecule has 0 aliphatic heterocycles. The molecule has 0 unspecified atom stereocenters. The Morgan fingerprint density at radius 3 is 2.67 bits per heavy atom. The van der Waals surface area contributed by atoms with E-state index in [0.29, 0.717) is 34.3 Å². The van der Waals surface area contributed by atoms with Gasteiger partial charge in [-0.05, 0) is 42.5 Å². The molecule has 0 aliphatic rings. The summed E-state index contributed by atoms with van der Waals surface area (Å²) < 4.78 is 21.2. The maximum absolute atomic E-state index is 14.2. The Morgan fingerprint density at radius 1 is 0.974 bits per heavy atom. The minimum absolute atomic E-state index is 0.154. The van der Waals surface area contributed by atoms with E-state index in [1.807, 2.05) is 58.4 Å². The number of methoxy groups -OCH3 is 1.